The van der Waals surface area contributed by atoms with E-state index in [0.29, 0.717) is 11.3 Å². The number of carbonyl (C=O) groups is 1. The van der Waals surface area contributed by atoms with Gasteiger partial charge in [0.2, 0.25) is 0 Å². The zero-order chi connectivity index (χ0) is 10.7. The molecule has 1 aromatic heterocycles. The predicted molar refractivity (Wildman–Crippen MR) is 56.9 cm³/mol. The quantitative estimate of drug-likeness (QED) is 0.541. The van der Waals surface area contributed by atoms with E-state index >= 15 is 0 Å². The molecule has 0 N–H and O–H groups in total. The summed E-state index contributed by atoms with van der Waals surface area (Å²) in [7, 11) is 0. The summed E-state index contributed by atoms with van der Waals surface area (Å²) in [4.78, 5) is 11.1. The van der Waals surface area contributed by atoms with E-state index in [0.717, 1.165) is 11.3 Å². The molecule has 0 aliphatic rings. The van der Waals surface area contributed by atoms with E-state index in [-0.39, 0.29) is 5.78 Å². The summed E-state index contributed by atoms with van der Waals surface area (Å²) in [6, 6.07) is 3.71. The second-order valence-electron chi connectivity index (χ2n) is 3.15. The van der Waals surface area contributed by atoms with Crippen molar-refractivity contribution < 1.29 is 9.21 Å². The largest absolute Gasteiger partial charge is 0.461 e. The van der Waals surface area contributed by atoms with Crippen LogP contribution in [0.1, 0.15) is 25.4 Å². The van der Waals surface area contributed by atoms with E-state index in [1.807, 2.05) is 32.1 Å². The number of ketones is 1. The molecule has 0 atom stereocenters. The van der Waals surface area contributed by atoms with Gasteiger partial charge < -0.3 is 4.42 Å². The fourth-order valence-electron chi connectivity index (χ4n) is 1.23. The maximum Gasteiger partial charge on any atom is 0.159 e. The highest BCUT2D eigenvalue weighted by molar-refractivity contribution is 6.07. The first-order valence-corrected chi connectivity index (χ1v) is 4.49. The first-order valence-electron chi connectivity index (χ1n) is 4.49. The standard InChI is InChI=1S/C12H14O2/c1-5-11(9(3)10(4)13)12-7-6-8(2)14-12/h5-7H,3H2,1-2,4H3/b11-5+. The summed E-state index contributed by atoms with van der Waals surface area (Å²) in [6.45, 7) is 8.97. The van der Waals surface area contributed by atoms with E-state index in [1.165, 1.54) is 6.92 Å². The average Bonchev–Trinajstić information content (AvgIpc) is 2.53. The molecule has 2 nitrogen and oxygen atoms in total. The van der Waals surface area contributed by atoms with Gasteiger partial charge in [-0.05, 0) is 32.9 Å². The van der Waals surface area contributed by atoms with Crippen LogP contribution in [0.2, 0.25) is 0 Å². The topological polar surface area (TPSA) is 30.2 Å². The molecule has 0 amide bonds. The average molecular weight is 190 g/mol. The monoisotopic (exact) mass is 190 g/mol. The van der Waals surface area contributed by atoms with Gasteiger partial charge in [-0.2, -0.15) is 0 Å². The molecule has 0 aliphatic heterocycles. The van der Waals surface area contributed by atoms with E-state index in [9.17, 15) is 4.79 Å². The molecule has 74 valence electrons. The Bertz CT molecular complexity index is 394. The van der Waals surface area contributed by atoms with Crippen molar-refractivity contribution in [2.75, 3.05) is 0 Å². The van der Waals surface area contributed by atoms with Crippen LogP contribution in [-0.4, -0.2) is 5.78 Å². The van der Waals surface area contributed by atoms with Crippen LogP contribution in [0, 0.1) is 6.92 Å². The number of Topliss-reactive ketones (excluding diaryl/α,β-unsaturated/α-hetero) is 1. The van der Waals surface area contributed by atoms with Crippen molar-refractivity contribution in [3.05, 3.63) is 41.9 Å². The molecular formula is C12H14O2. The SMILES string of the molecule is C=C(C(C)=O)/C(=C\C)c1ccc(C)o1. The molecule has 0 unspecified atom stereocenters. The fourth-order valence-corrected chi connectivity index (χ4v) is 1.23. The molecule has 0 bridgehead atoms. The number of hydrogen-bond acceptors (Lipinski definition) is 2. The van der Waals surface area contributed by atoms with E-state index in [1.54, 1.807) is 0 Å². The zero-order valence-electron chi connectivity index (χ0n) is 8.76. The Balaban J connectivity index is 3.06. The summed E-state index contributed by atoms with van der Waals surface area (Å²) in [6.07, 6.45) is 1.84. The number of furan rings is 1. The predicted octanol–water partition coefficient (Wildman–Crippen LogP) is 3.14. The number of rotatable bonds is 3. The molecular weight excluding hydrogens is 176 g/mol. The summed E-state index contributed by atoms with van der Waals surface area (Å²) in [5, 5.41) is 0. The Kier molecular flexibility index (Phi) is 3.07. The van der Waals surface area contributed by atoms with E-state index < -0.39 is 0 Å². The third kappa shape index (κ3) is 2.02. The van der Waals surface area contributed by atoms with E-state index in [4.69, 9.17) is 4.42 Å². The highest BCUT2D eigenvalue weighted by atomic mass is 16.3. The van der Waals surface area contributed by atoms with Crippen LogP contribution in [0.5, 0.6) is 0 Å². The number of allylic oxidation sites excluding steroid dienone is 3. The van der Waals surface area contributed by atoms with Gasteiger partial charge in [0.15, 0.2) is 5.78 Å². The first kappa shape index (κ1) is 10.5. The van der Waals surface area contributed by atoms with Gasteiger partial charge in [-0.15, -0.1) is 0 Å². The number of aryl methyl sites for hydroxylation is 1. The summed E-state index contributed by atoms with van der Waals surface area (Å²) in [5.74, 6) is 1.49. The lowest BCUT2D eigenvalue weighted by atomic mass is 10.0. The summed E-state index contributed by atoms with van der Waals surface area (Å²) in [5.41, 5.74) is 1.26. The van der Waals surface area contributed by atoms with Crippen LogP contribution < -0.4 is 0 Å². The summed E-state index contributed by atoms with van der Waals surface area (Å²) < 4.78 is 5.43. The van der Waals surface area contributed by atoms with Gasteiger partial charge in [0.1, 0.15) is 11.5 Å². The van der Waals surface area contributed by atoms with Gasteiger partial charge in [0.25, 0.3) is 0 Å². The molecule has 0 saturated carbocycles. The molecule has 2 heteroatoms. The Morgan fingerprint density at radius 1 is 1.50 bits per heavy atom. The normalized spacial score (nSPS) is 11.5. The van der Waals surface area contributed by atoms with Gasteiger partial charge in [-0.25, -0.2) is 0 Å². The second-order valence-corrected chi connectivity index (χ2v) is 3.15. The lowest BCUT2D eigenvalue weighted by molar-refractivity contribution is -0.113. The Hall–Kier alpha value is -1.57. The highest BCUT2D eigenvalue weighted by Crippen LogP contribution is 2.24. The minimum Gasteiger partial charge on any atom is -0.461 e. The maximum atomic E-state index is 11.1. The van der Waals surface area contributed by atoms with Crippen molar-refractivity contribution in [2.45, 2.75) is 20.8 Å². The maximum absolute atomic E-state index is 11.1. The van der Waals surface area contributed by atoms with Gasteiger partial charge in [-0.1, -0.05) is 12.7 Å². The van der Waals surface area contributed by atoms with Gasteiger partial charge in [0.05, 0.1) is 0 Å². The third-order valence-electron chi connectivity index (χ3n) is 2.04. The van der Waals surface area contributed by atoms with Crippen molar-refractivity contribution in [1.29, 1.82) is 0 Å². The Morgan fingerprint density at radius 3 is 2.50 bits per heavy atom. The first-order chi connectivity index (χ1) is 6.56. The minimum atomic E-state index is -0.0350. The molecule has 1 rings (SSSR count). The molecule has 0 fully saturated rings. The second kappa shape index (κ2) is 4.09. The van der Waals surface area contributed by atoms with Crippen LogP contribution in [-0.2, 0) is 4.79 Å². The molecule has 1 aromatic rings. The van der Waals surface area contributed by atoms with Crippen molar-refractivity contribution >= 4 is 11.4 Å². The van der Waals surface area contributed by atoms with Crippen molar-refractivity contribution in [3.63, 3.8) is 0 Å². The molecule has 0 aromatic carbocycles. The van der Waals surface area contributed by atoms with Crippen molar-refractivity contribution in [1.82, 2.24) is 0 Å². The van der Waals surface area contributed by atoms with Gasteiger partial charge in [-0.3, -0.25) is 4.79 Å². The smallest absolute Gasteiger partial charge is 0.159 e. The summed E-state index contributed by atoms with van der Waals surface area (Å²) >= 11 is 0. The third-order valence-corrected chi connectivity index (χ3v) is 2.04. The molecule has 0 aliphatic carbocycles. The van der Waals surface area contributed by atoms with Gasteiger partial charge in [0, 0.05) is 11.1 Å². The number of hydrogen-bond donors (Lipinski definition) is 0. The number of carbonyl (C=O) groups excluding carboxylic acids is 1. The lowest BCUT2D eigenvalue weighted by Gasteiger charge is -2.03. The van der Waals surface area contributed by atoms with Crippen molar-refractivity contribution in [2.24, 2.45) is 0 Å². The van der Waals surface area contributed by atoms with Crippen LogP contribution >= 0.6 is 0 Å². The van der Waals surface area contributed by atoms with E-state index in [2.05, 4.69) is 6.58 Å². The molecule has 0 spiro atoms. The van der Waals surface area contributed by atoms with Crippen LogP contribution in [0.4, 0.5) is 0 Å². The fraction of sp³-hybridized carbons (Fsp3) is 0.250. The minimum absolute atomic E-state index is 0.0350. The zero-order valence-corrected chi connectivity index (χ0v) is 8.76. The molecule has 1 heterocycles. The van der Waals surface area contributed by atoms with Gasteiger partial charge >= 0.3 is 0 Å². The van der Waals surface area contributed by atoms with Crippen molar-refractivity contribution in [3.8, 4) is 0 Å². The highest BCUT2D eigenvalue weighted by Gasteiger charge is 2.11. The molecule has 14 heavy (non-hydrogen) atoms. The molecule has 0 radical (unpaired) electrons. The molecule has 0 saturated heterocycles. The van der Waals surface area contributed by atoms with Crippen LogP contribution in [0.3, 0.4) is 0 Å². The Labute approximate surface area is 83.9 Å². The Morgan fingerprint density at radius 2 is 2.14 bits per heavy atom. The van der Waals surface area contributed by atoms with Crippen LogP contribution in [0.25, 0.3) is 5.57 Å². The lowest BCUT2D eigenvalue weighted by Crippen LogP contribution is -1.97. The van der Waals surface area contributed by atoms with Crippen LogP contribution in [0.15, 0.2) is 34.8 Å².